The van der Waals surface area contributed by atoms with Gasteiger partial charge in [0.05, 0.1) is 0 Å². The monoisotopic (exact) mass is 320 g/mol. The van der Waals surface area contributed by atoms with E-state index in [0.717, 1.165) is 17.5 Å². The molecule has 0 aliphatic carbocycles. The van der Waals surface area contributed by atoms with Crippen molar-refractivity contribution in [3.8, 4) is 5.75 Å². The molecule has 0 aromatic heterocycles. The summed E-state index contributed by atoms with van der Waals surface area (Å²) in [5.41, 5.74) is 5.02. The average molecular weight is 318 g/mol. The summed E-state index contributed by atoms with van der Waals surface area (Å²) in [6.45, 7) is 11.0. The molecule has 0 fully saturated rings. The molecule has 1 aliphatic heterocycles. The van der Waals surface area contributed by atoms with Gasteiger partial charge in [-0.25, -0.2) is 0 Å². The zero-order valence-corrected chi connectivity index (χ0v) is 12.4. The average Bonchev–Trinajstić information content (AvgIpc) is 2.48. The van der Waals surface area contributed by atoms with E-state index < -0.39 is 0 Å². The van der Waals surface area contributed by atoms with Crippen molar-refractivity contribution in [3.05, 3.63) is 22.3 Å². The van der Waals surface area contributed by atoms with Crippen molar-refractivity contribution in [2.45, 2.75) is 44.5 Å². The molecule has 82 valence electrons. The molecule has 1 N–H and O–H groups in total. The van der Waals surface area contributed by atoms with Crippen molar-refractivity contribution in [3.63, 3.8) is 0 Å². The molecule has 1 aromatic carbocycles. The summed E-state index contributed by atoms with van der Waals surface area (Å²) in [7, 11) is 0. The summed E-state index contributed by atoms with van der Waals surface area (Å²) >= 11 is -0.0943. The van der Waals surface area contributed by atoms with Gasteiger partial charge in [0.25, 0.3) is 0 Å². The minimum absolute atomic E-state index is 0.0943. The molecule has 1 nitrogen and oxygen atoms in total. The standard InChI is InChI=1S/C13H18OTe/c1-7-8(2)12-10(9(3)11(7)14)6-13(4,5)15-12/h14H,6H2,1-5H3. The third-order valence-corrected chi connectivity index (χ3v) is 7.47. The van der Waals surface area contributed by atoms with Gasteiger partial charge in [-0.3, -0.25) is 0 Å². The predicted molar refractivity (Wildman–Crippen MR) is 65.5 cm³/mol. The predicted octanol–water partition coefficient (Wildman–Crippen LogP) is 2.40. The van der Waals surface area contributed by atoms with E-state index in [1.165, 1.54) is 11.1 Å². The Morgan fingerprint density at radius 2 is 1.67 bits per heavy atom. The fourth-order valence-corrected chi connectivity index (χ4v) is 6.32. The molecular formula is C13H18OTe. The van der Waals surface area contributed by atoms with Crippen LogP contribution in [-0.2, 0) is 6.42 Å². The Balaban J connectivity index is 2.69. The van der Waals surface area contributed by atoms with E-state index in [1.54, 1.807) is 3.61 Å². The number of fused-ring (bicyclic) bond motifs is 1. The Morgan fingerprint density at radius 1 is 1.07 bits per heavy atom. The molecule has 0 unspecified atom stereocenters. The van der Waals surface area contributed by atoms with E-state index in [9.17, 15) is 5.11 Å². The van der Waals surface area contributed by atoms with Crippen molar-refractivity contribution in [1.29, 1.82) is 0 Å². The SMILES string of the molecule is Cc1c(C)c2c(c(C)c1O)CC(C)(C)[Te]2. The van der Waals surface area contributed by atoms with Crippen molar-refractivity contribution in [2.24, 2.45) is 0 Å². The van der Waals surface area contributed by atoms with Gasteiger partial charge in [-0.05, 0) is 0 Å². The van der Waals surface area contributed by atoms with Crippen LogP contribution in [0, 0.1) is 20.8 Å². The van der Waals surface area contributed by atoms with Crippen LogP contribution in [0.4, 0.5) is 0 Å². The van der Waals surface area contributed by atoms with Gasteiger partial charge in [0.15, 0.2) is 0 Å². The molecule has 0 radical (unpaired) electrons. The van der Waals surface area contributed by atoms with Gasteiger partial charge in [0, 0.05) is 0 Å². The van der Waals surface area contributed by atoms with Crippen LogP contribution in [0.5, 0.6) is 5.75 Å². The molecule has 2 rings (SSSR count). The van der Waals surface area contributed by atoms with E-state index in [-0.39, 0.29) is 20.9 Å². The second-order valence-corrected chi connectivity index (χ2v) is 9.97. The number of benzene rings is 1. The van der Waals surface area contributed by atoms with Crippen LogP contribution in [-0.4, -0.2) is 26.0 Å². The van der Waals surface area contributed by atoms with Gasteiger partial charge in [0.1, 0.15) is 0 Å². The van der Waals surface area contributed by atoms with Crippen LogP contribution in [0.3, 0.4) is 0 Å². The number of phenolic OH excluding ortho intramolecular Hbond substituents is 1. The van der Waals surface area contributed by atoms with Crippen molar-refractivity contribution >= 4 is 24.5 Å². The molecule has 0 saturated heterocycles. The van der Waals surface area contributed by atoms with Gasteiger partial charge < -0.3 is 0 Å². The van der Waals surface area contributed by atoms with Crippen molar-refractivity contribution in [2.75, 3.05) is 0 Å². The number of hydrogen-bond acceptors (Lipinski definition) is 1. The van der Waals surface area contributed by atoms with E-state index >= 15 is 0 Å². The molecule has 0 atom stereocenters. The molecular weight excluding hydrogens is 300 g/mol. The van der Waals surface area contributed by atoms with Crippen molar-refractivity contribution < 1.29 is 5.11 Å². The molecule has 2 heteroatoms. The third kappa shape index (κ3) is 1.68. The van der Waals surface area contributed by atoms with Crippen LogP contribution in [0.25, 0.3) is 0 Å². The Bertz CT molecular complexity index is 394. The molecule has 0 amide bonds. The molecule has 1 aromatic rings. The quantitative estimate of drug-likeness (QED) is 0.729. The maximum atomic E-state index is 10.0. The maximum absolute atomic E-state index is 10.0. The molecule has 1 aliphatic rings. The van der Waals surface area contributed by atoms with Gasteiger partial charge in [-0.2, -0.15) is 0 Å². The van der Waals surface area contributed by atoms with Crippen LogP contribution >= 0.6 is 0 Å². The van der Waals surface area contributed by atoms with Gasteiger partial charge >= 0.3 is 102 Å². The summed E-state index contributed by atoms with van der Waals surface area (Å²) in [6.07, 6.45) is 1.16. The summed E-state index contributed by atoms with van der Waals surface area (Å²) in [4.78, 5) is 0. The van der Waals surface area contributed by atoms with E-state index in [2.05, 4.69) is 27.7 Å². The van der Waals surface area contributed by atoms with E-state index in [4.69, 9.17) is 0 Å². The first-order valence-corrected chi connectivity index (χ1v) is 7.67. The molecule has 1 heterocycles. The molecule has 0 spiro atoms. The van der Waals surface area contributed by atoms with Gasteiger partial charge in [0.2, 0.25) is 0 Å². The first kappa shape index (κ1) is 11.3. The number of phenols is 1. The van der Waals surface area contributed by atoms with Crippen LogP contribution in [0.1, 0.15) is 36.1 Å². The Kier molecular flexibility index (Phi) is 2.56. The number of rotatable bonds is 0. The summed E-state index contributed by atoms with van der Waals surface area (Å²) in [5.74, 6) is 0.524. The zero-order chi connectivity index (χ0) is 11.4. The summed E-state index contributed by atoms with van der Waals surface area (Å²) < 4.78 is 2.10. The Morgan fingerprint density at radius 3 is 2.27 bits per heavy atom. The van der Waals surface area contributed by atoms with Crippen LogP contribution < -0.4 is 3.61 Å². The number of hydrogen-bond donors (Lipinski definition) is 1. The Hall–Kier alpha value is -0.190. The van der Waals surface area contributed by atoms with Crippen molar-refractivity contribution in [1.82, 2.24) is 0 Å². The fourth-order valence-electron chi connectivity index (χ4n) is 2.26. The molecule has 0 bridgehead atoms. The van der Waals surface area contributed by atoms with Gasteiger partial charge in [-0.15, -0.1) is 0 Å². The van der Waals surface area contributed by atoms with Crippen LogP contribution in [0.2, 0.25) is 3.46 Å². The van der Waals surface area contributed by atoms with E-state index in [0.29, 0.717) is 9.21 Å². The number of aromatic hydroxyl groups is 1. The fraction of sp³-hybridized carbons (Fsp3) is 0.538. The normalized spacial score (nSPS) is 17.9. The molecule has 15 heavy (non-hydrogen) atoms. The minimum atomic E-state index is -0.0943. The Labute approximate surface area is 102 Å². The second kappa shape index (κ2) is 3.40. The third-order valence-electron chi connectivity index (χ3n) is 3.32. The molecule has 0 saturated carbocycles. The van der Waals surface area contributed by atoms with Gasteiger partial charge in [-0.1, -0.05) is 0 Å². The second-order valence-electron chi connectivity index (χ2n) is 5.07. The first-order chi connectivity index (χ1) is 6.83. The first-order valence-electron chi connectivity index (χ1n) is 5.34. The summed E-state index contributed by atoms with van der Waals surface area (Å²) in [6, 6.07) is 0. The zero-order valence-electron chi connectivity index (χ0n) is 10.1. The summed E-state index contributed by atoms with van der Waals surface area (Å²) in [5, 5.41) is 10.0. The topological polar surface area (TPSA) is 20.2 Å². The van der Waals surface area contributed by atoms with Crippen LogP contribution in [0.15, 0.2) is 0 Å². The van der Waals surface area contributed by atoms with E-state index in [1.807, 2.05) is 6.92 Å².